The Morgan fingerprint density at radius 3 is 2.42 bits per heavy atom. The van der Waals surface area contributed by atoms with Crippen LogP contribution in [0.3, 0.4) is 0 Å². The van der Waals surface area contributed by atoms with Crippen LogP contribution in [0.5, 0.6) is 0 Å². The molecule has 0 amide bonds. The van der Waals surface area contributed by atoms with Crippen LogP contribution in [0, 0.1) is 0 Å². The van der Waals surface area contributed by atoms with Gasteiger partial charge in [0.2, 0.25) is 0 Å². The van der Waals surface area contributed by atoms with E-state index in [0.29, 0.717) is 11.7 Å². The molecule has 1 aliphatic carbocycles. The van der Waals surface area contributed by atoms with Crippen LogP contribution < -0.4 is 11.6 Å². The molecule has 2 aromatic rings. The fourth-order valence-electron chi connectivity index (χ4n) is 2.76. The monoisotopic (exact) mass is 320 g/mol. The highest BCUT2D eigenvalue weighted by molar-refractivity contribution is 9.10. The van der Waals surface area contributed by atoms with Crippen molar-refractivity contribution in [3.05, 3.63) is 34.6 Å². The molecular weight excluding hydrogens is 304 g/mol. The van der Waals surface area contributed by atoms with Gasteiger partial charge in [0.15, 0.2) is 5.82 Å². The highest BCUT2D eigenvalue weighted by Crippen LogP contribution is 2.36. The number of anilines is 1. The van der Waals surface area contributed by atoms with E-state index in [2.05, 4.69) is 20.9 Å². The summed E-state index contributed by atoms with van der Waals surface area (Å²) in [7, 11) is 0. The van der Waals surface area contributed by atoms with E-state index in [1.165, 1.54) is 12.8 Å². The van der Waals surface area contributed by atoms with Crippen LogP contribution in [-0.2, 0) is 0 Å². The third kappa shape index (κ3) is 2.23. The quantitative estimate of drug-likeness (QED) is 0.834. The number of halogens is 1. The second-order valence-electron chi connectivity index (χ2n) is 5.06. The molecule has 0 bridgehead atoms. The first-order chi connectivity index (χ1) is 9.16. The summed E-state index contributed by atoms with van der Waals surface area (Å²) in [5.41, 5.74) is 7.90. The summed E-state index contributed by atoms with van der Waals surface area (Å²) in [4.78, 5) is 4.69. The van der Waals surface area contributed by atoms with E-state index < -0.39 is 0 Å². The molecule has 1 aromatic heterocycles. The van der Waals surface area contributed by atoms with E-state index in [1.807, 2.05) is 24.3 Å². The number of hydrogen-bond acceptors (Lipinski definition) is 3. The number of nitrogens with two attached hydrogens (primary N) is 2. The van der Waals surface area contributed by atoms with Crippen molar-refractivity contribution in [1.82, 2.24) is 9.66 Å². The number of rotatable bonds is 2. The van der Waals surface area contributed by atoms with Gasteiger partial charge in [-0.25, -0.2) is 9.66 Å². The highest BCUT2D eigenvalue weighted by atomic mass is 79.9. The van der Waals surface area contributed by atoms with Crippen LogP contribution in [0.4, 0.5) is 5.82 Å². The van der Waals surface area contributed by atoms with Gasteiger partial charge < -0.3 is 11.6 Å². The first kappa shape index (κ1) is 12.5. The Morgan fingerprint density at radius 1 is 1.16 bits per heavy atom. The first-order valence-electron chi connectivity index (χ1n) is 6.56. The van der Waals surface area contributed by atoms with Crippen molar-refractivity contribution in [1.29, 1.82) is 0 Å². The zero-order valence-corrected chi connectivity index (χ0v) is 12.2. The van der Waals surface area contributed by atoms with E-state index in [9.17, 15) is 0 Å². The predicted molar refractivity (Wildman–Crippen MR) is 81.1 cm³/mol. The van der Waals surface area contributed by atoms with Gasteiger partial charge in [-0.3, -0.25) is 0 Å². The largest absolute Gasteiger partial charge is 0.382 e. The SMILES string of the molecule is Nc1c(-c2ccc(Br)cc2)nc(C2CCCC2)n1N. The van der Waals surface area contributed by atoms with Crippen molar-refractivity contribution in [2.45, 2.75) is 31.6 Å². The Balaban J connectivity index is 2.02. The maximum Gasteiger partial charge on any atom is 0.150 e. The summed E-state index contributed by atoms with van der Waals surface area (Å²) in [5.74, 6) is 8.00. The van der Waals surface area contributed by atoms with Crippen LogP contribution in [-0.4, -0.2) is 9.66 Å². The zero-order chi connectivity index (χ0) is 13.4. The number of imidazole rings is 1. The molecule has 1 aromatic carbocycles. The van der Waals surface area contributed by atoms with Gasteiger partial charge in [-0.05, 0) is 25.0 Å². The maximum absolute atomic E-state index is 6.10. The average Bonchev–Trinajstić information content (AvgIpc) is 3.02. The van der Waals surface area contributed by atoms with Crippen LogP contribution in [0.1, 0.15) is 37.4 Å². The van der Waals surface area contributed by atoms with E-state index in [0.717, 1.165) is 34.4 Å². The van der Waals surface area contributed by atoms with Gasteiger partial charge in [-0.2, -0.15) is 0 Å². The molecule has 100 valence electrons. The molecule has 1 saturated carbocycles. The van der Waals surface area contributed by atoms with Gasteiger partial charge in [0.05, 0.1) is 0 Å². The Morgan fingerprint density at radius 2 is 1.79 bits per heavy atom. The van der Waals surface area contributed by atoms with E-state index in [4.69, 9.17) is 11.6 Å². The average molecular weight is 321 g/mol. The van der Waals surface area contributed by atoms with Crippen LogP contribution >= 0.6 is 15.9 Å². The van der Waals surface area contributed by atoms with Gasteiger partial charge >= 0.3 is 0 Å². The molecule has 0 unspecified atom stereocenters. The lowest BCUT2D eigenvalue weighted by Gasteiger charge is -2.08. The smallest absolute Gasteiger partial charge is 0.150 e. The molecule has 3 rings (SSSR count). The second kappa shape index (κ2) is 4.89. The van der Waals surface area contributed by atoms with Crippen molar-refractivity contribution < 1.29 is 0 Å². The standard InChI is InChI=1S/C14H17BrN4/c15-11-7-5-9(6-8-11)12-13(16)19(17)14(18-12)10-3-1-2-4-10/h5-8,10H,1-4,16-17H2. The normalized spacial score (nSPS) is 16.1. The third-order valence-electron chi connectivity index (χ3n) is 3.81. The van der Waals surface area contributed by atoms with Crippen molar-refractivity contribution in [3.8, 4) is 11.3 Å². The molecule has 1 heterocycles. The van der Waals surface area contributed by atoms with Crippen molar-refractivity contribution in [3.63, 3.8) is 0 Å². The fraction of sp³-hybridized carbons (Fsp3) is 0.357. The van der Waals surface area contributed by atoms with Crippen molar-refractivity contribution >= 4 is 21.7 Å². The van der Waals surface area contributed by atoms with E-state index in [-0.39, 0.29) is 0 Å². The molecule has 0 radical (unpaired) electrons. The van der Waals surface area contributed by atoms with Gasteiger partial charge in [0.25, 0.3) is 0 Å². The lowest BCUT2D eigenvalue weighted by atomic mass is 10.1. The van der Waals surface area contributed by atoms with Crippen LogP contribution in [0.2, 0.25) is 0 Å². The summed E-state index contributed by atoms with van der Waals surface area (Å²) in [5, 5.41) is 0. The lowest BCUT2D eigenvalue weighted by molar-refractivity contribution is 0.648. The number of nitrogens with zero attached hydrogens (tertiary/aromatic N) is 2. The lowest BCUT2D eigenvalue weighted by Crippen LogP contribution is -2.17. The minimum Gasteiger partial charge on any atom is -0.382 e. The Labute approximate surface area is 120 Å². The second-order valence-corrected chi connectivity index (χ2v) is 5.98. The molecule has 1 fully saturated rings. The van der Waals surface area contributed by atoms with Crippen molar-refractivity contribution in [2.75, 3.05) is 11.6 Å². The topological polar surface area (TPSA) is 69.9 Å². The molecule has 1 aliphatic rings. The summed E-state index contributed by atoms with van der Waals surface area (Å²) < 4.78 is 2.60. The Kier molecular flexibility index (Phi) is 3.22. The van der Waals surface area contributed by atoms with Gasteiger partial charge in [0.1, 0.15) is 11.5 Å². The Bertz CT molecular complexity index is 582. The van der Waals surface area contributed by atoms with E-state index >= 15 is 0 Å². The summed E-state index contributed by atoms with van der Waals surface area (Å²) in [6.45, 7) is 0. The number of hydrogen-bond donors (Lipinski definition) is 2. The number of benzene rings is 1. The summed E-state index contributed by atoms with van der Waals surface area (Å²) >= 11 is 3.43. The van der Waals surface area contributed by atoms with E-state index in [1.54, 1.807) is 4.68 Å². The molecule has 4 N–H and O–H groups in total. The van der Waals surface area contributed by atoms with Gasteiger partial charge in [-0.1, -0.05) is 40.9 Å². The Hall–Kier alpha value is -1.49. The predicted octanol–water partition coefficient (Wildman–Crippen LogP) is 3.27. The minimum atomic E-state index is 0.455. The molecule has 0 atom stereocenters. The van der Waals surface area contributed by atoms with Gasteiger partial charge in [-0.15, -0.1) is 0 Å². The number of nitrogen functional groups attached to an aromatic ring is 2. The zero-order valence-electron chi connectivity index (χ0n) is 10.6. The molecule has 0 spiro atoms. The summed E-state index contributed by atoms with van der Waals surface area (Å²) in [6, 6.07) is 7.97. The van der Waals surface area contributed by atoms with Crippen LogP contribution in [0.25, 0.3) is 11.3 Å². The summed E-state index contributed by atoms with van der Waals surface area (Å²) in [6.07, 6.45) is 4.83. The molecule has 0 saturated heterocycles. The molecule has 4 nitrogen and oxygen atoms in total. The third-order valence-corrected chi connectivity index (χ3v) is 4.34. The van der Waals surface area contributed by atoms with Crippen molar-refractivity contribution in [2.24, 2.45) is 0 Å². The molecule has 0 aliphatic heterocycles. The molecular formula is C14H17BrN4. The maximum atomic E-state index is 6.10. The van der Waals surface area contributed by atoms with Gasteiger partial charge in [0, 0.05) is 16.0 Å². The minimum absolute atomic E-state index is 0.455. The highest BCUT2D eigenvalue weighted by Gasteiger charge is 2.24. The van der Waals surface area contributed by atoms with Crippen LogP contribution in [0.15, 0.2) is 28.7 Å². The molecule has 5 heteroatoms. The first-order valence-corrected chi connectivity index (χ1v) is 7.35. The number of aromatic nitrogens is 2. The molecule has 19 heavy (non-hydrogen) atoms. The fourth-order valence-corrected chi connectivity index (χ4v) is 3.02.